The van der Waals surface area contributed by atoms with Gasteiger partial charge in [0.2, 0.25) is 0 Å². The molecule has 2 rings (SSSR count). The first-order chi connectivity index (χ1) is 12.7. The fraction of sp³-hybridized carbons (Fsp3) is 0.650. The van der Waals surface area contributed by atoms with Gasteiger partial charge in [-0.05, 0) is 36.8 Å². The maximum atomic E-state index is 11.4. The lowest BCUT2D eigenvalue weighted by atomic mass is 9.90. The number of benzene rings is 1. The zero-order valence-corrected chi connectivity index (χ0v) is 17.8. The van der Waals surface area contributed by atoms with Crippen LogP contribution in [0, 0.1) is 5.41 Å². The van der Waals surface area contributed by atoms with E-state index in [2.05, 4.69) is 58.6 Å². The van der Waals surface area contributed by atoms with Gasteiger partial charge in [0, 0.05) is 44.7 Å². The Hall–Kier alpha value is -1.76. The van der Waals surface area contributed by atoms with E-state index in [1.807, 2.05) is 6.07 Å². The molecule has 0 spiro atoms. The molecule has 0 bridgehead atoms. The molecule has 0 aliphatic carbocycles. The first kappa shape index (κ1) is 21.5. The van der Waals surface area contributed by atoms with Crippen LogP contribution in [0.3, 0.4) is 0 Å². The smallest absolute Gasteiger partial charge is 0.191 e. The Kier molecular flexibility index (Phi) is 7.53. The van der Waals surface area contributed by atoms with Gasteiger partial charge in [0.05, 0.1) is 5.75 Å². The first-order valence-corrected chi connectivity index (χ1v) is 11.7. The Morgan fingerprint density at radius 2 is 1.85 bits per heavy atom. The van der Waals surface area contributed by atoms with Crippen LogP contribution in [-0.2, 0) is 9.84 Å². The van der Waals surface area contributed by atoms with Crippen molar-refractivity contribution in [1.82, 2.24) is 10.6 Å². The predicted octanol–water partition coefficient (Wildman–Crippen LogP) is 2.28. The standard InChI is InChI=1S/C20H34N4O2S/c1-20(2,12-15-27(4,25)26)16-22-19(21-3)23-17-10-13-24(14-11-17)18-8-6-5-7-9-18/h5-9,17H,10-16H2,1-4H3,(H2,21,22,23). The minimum atomic E-state index is -2.93. The molecule has 0 aromatic heterocycles. The molecule has 0 radical (unpaired) electrons. The molecule has 6 nitrogen and oxygen atoms in total. The summed E-state index contributed by atoms with van der Waals surface area (Å²) < 4.78 is 22.8. The van der Waals surface area contributed by atoms with E-state index >= 15 is 0 Å². The summed E-state index contributed by atoms with van der Waals surface area (Å²) in [6.07, 6.45) is 4.05. The van der Waals surface area contributed by atoms with Gasteiger partial charge in [0.15, 0.2) is 5.96 Å². The molecular formula is C20H34N4O2S. The monoisotopic (exact) mass is 394 g/mol. The molecule has 1 heterocycles. The van der Waals surface area contributed by atoms with E-state index in [9.17, 15) is 8.42 Å². The van der Waals surface area contributed by atoms with Crippen molar-refractivity contribution < 1.29 is 8.42 Å². The van der Waals surface area contributed by atoms with Crippen molar-refractivity contribution in [3.63, 3.8) is 0 Å². The van der Waals surface area contributed by atoms with Crippen LogP contribution in [0.2, 0.25) is 0 Å². The number of hydrogen-bond donors (Lipinski definition) is 2. The molecule has 7 heteroatoms. The molecule has 152 valence electrons. The summed E-state index contributed by atoms with van der Waals surface area (Å²) in [7, 11) is -1.15. The van der Waals surface area contributed by atoms with Crippen molar-refractivity contribution in [2.75, 3.05) is 43.6 Å². The van der Waals surface area contributed by atoms with E-state index in [1.54, 1.807) is 7.05 Å². The number of piperidine rings is 1. The van der Waals surface area contributed by atoms with Crippen molar-refractivity contribution >= 4 is 21.5 Å². The molecular weight excluding hydrogens is 360 g/mol. The zero-order valence-electron chi connectivity index (χ0n) is 17.0. The number of nitrogens with one attached hydrogen (secondary N) is 2. The number of para-hydroxylation sites is 1. The fourth-order valence-electron chi connectivity index (χ4n) is 3.18. The van der Waals surface area contributed by atoms with Crippen molar-refractivity contribution in [3.8, 4) is 0 Å². The van der Waals surface area contributed by atoms with E-state index in [4.69, 9.17) is 0 Å². The van der Waals surface area contributed by atoms with Crippen molar-refractivity contribution in [2.45, 2.75) is 39.2 Å². The summed E-state index contributed by atoms with van der Waals surface area (Å²) in [5, 5.41) is 6.88. The second kappa shape index (κ2) is 9.44. The molecule has 0 atom stereocenters. The Labute approximate surface area is 164 Å². The van der Waals surface area contributed by atoms with Gasteiger partial charge in [0.1, 0.15) is 9.84 Å². The molecule has 27 heavy (non-hydrogen) atoms. The molecule has 1 aliphatic rings. The summed E-state index contributed by atoms with van der Waals surface area (Å²) >= 11 is 0. The number of sulfone groups is 1. The van der Waals surface area contributed by atoms with Gasteiger partial charge in [-0.15, -0.1) is 0 Å². The van der Waals surface area contributed by atoms with E-state index in [-0.39, 0.29) is 11.2 Å². The summed E-state index contributed by atoms with van der Waals surface area (Å²) in [4.78, 5) is 6.75. The second-order valence-corrected chi connectivity index (χ2v) is 10.5. The van der Waals surface area contributed by atoms with Gasteiger partial charge < -0.3 is 15.5 Å². The van der Waals surface area contributed by atoms with Crippen LogP contribution in [0.1, 0.15) is 33.1 Å². The third-order valence-corrected chi connectivity index (χ3v) is 6.01. The van der Waals surface area contributed by atoms with Crippen LogP contribution in [-0.4, -0.2) is 59.1 Å². The van der Waals surface area contributed by atoms with Crippen LogP contribution < -0.4 is 15.5 Å². The highest BCUT2D eigenvalue weighted by atomic mass is 32.2. The molecule has 1 saturated heterocycles. The molecule has 1 aromatic rings. The van der Waals surface area contributed by atoms with Gasteiger partial charge in [-0.25, -0.2) is 8.42 Å². The summed E-state index contributed by atoms with van der Waals surface area (Å²) in [5.74, 6) is 1.01. The van der Waals surface area contributed by atoms with Crippen molar-refractivity contribution in [3.05, 3.63) is 30.3 Å². The lowest BCUT2D eigenvalue weighted by Gasteiger charge is -2.35. The lowest BCUT2D eigenvalue weighted by molar-refractivity contribution is 0.346. The Morgan fingerprint density at radius 1 is 1.22 bits per heavy atom. The van der Waals surface area contributed by atoms with Crippen molar-refractivity contribution in [2.24, 2.45) is 10.4 Å². The summed E-state index contributed by atoms with van der Waals surface area (Å²) in [6, 6.07) is 10.9. The number of guanidine groups is 1. The van der Waals surface area contributed by atoms with E-state index < -0.39 is 9.84 Å². The highest BCUT2D eigenvalue weighted by molar-refractivity contribution is 7.90. The van der Waals surface area contributed by atoms with E-state index in [0.29, 0.717) is 19.0 Å². The topological polar surface area (TPSA) is 73.8 Å². The Morgan fingerprint density at radius 3 is 2.41 bits per heavy atom. The average Bonchev–Trinajstić information content (AvgIpc) is 2.64. The first-order valence-electron chi connectivity index (χ1n) is 9.63. The predicted molar refractivity (Wildman–Crippen MR) is 114 cm³/mol. The highest BCUT2D eigenvalue weighted by Crippen LogP contribution is 2.21. The van der Waals surface area contributed by atoms with Crippen LogP contribution in [0.5, 0.6) is 0 Å². The largest absolute Gasteiger partial charge is 0.371 e. The highest BCUT2D eigenvalue weighted by Gasteiger charge is 2.23. The molecule has 2 N–H and O–H groups in total. The lowest BCUT2D eigenvalue weighted by Crippen LogP contribution is -2.50. The molecule has 1 aromatic carbocycles. The van der Waals surface area contributed by atoms with Gasteiger partial charge in [-0.3, -0.25) is 4.99 Å². The molecule has 1 fully saturated rings. The number of nitrogens with zero attached hydrogens (tertiary/aromatic N) is 2. The minimum absolute atomic E-state index is 0.114. The van der Waals surface area contributed by atoms with Gasteiger partial charge in [0.25, 0.3) is 0 Å². The Bertz CT molecular complexity index is 709. The number of hydrogen-bond acceptors (Lipinski definition) is 4. The second-order valence-electron chi connectivity index (χ2n) is 8.21. The summed E-state index contributed by atoms with van der Waals surface area (Å²) in [6.45, 7) is 6.90. The van der Waals surface area contributed by atoms with Gasteiger partial charge in [-0.2, -0.15) is 0 Å². The van der Waals surface area contributed by atoms with Gasteiger partial charge >= 0.3 is 0 Å². The maximum Gasteiger partial charge on any atom is 0.191 e. The SMILES string of the molecule is CN=C(NCC(C)(C)CCS(C)(=O)=O)NC1CCN(c2ccccc2)CC1. The maximum absolute atomic E-state index is 11.4. The molecule has 1 aliphatic heterocycles. The normalized spacial score (nSPS) is 17.0. The summed E-state index contributed by atoms with van der Waals surface area (Å²) in [5.41, 5.74) is 1.17. The van der Waals surface area contributed by atoms with Gasteiger partial charge in [-0.1, -0.05) is 32.0 Å². The Balaban J connectivity index is 1.77. The number of rotatable bonds is 7. The average molecular weight is 395 g/mol. The van der Waals surface area contributed by atoms with Crippen LogP contribution in [0.25, 0.3) is 0 Å². The van der Waals surface area contributed by atoms with Crippen LogP contribution in [0.4, 0.5) is 5.69 Å². The quantitative estimate of drug-likeness (QED) is 0.548. The molecule has 0 unspecified atom stereocenters. The van der Waals surface area contributed by atoms with Crippen molar-refractivity contribution in [1.29, 1.82) is 0 Å². The zero-order chi connectivity index (χ0) is 19.9. The van der Waals surface area contributed by atoms with E-state index in [0.717, 1.165) is 31.9 Å². The third-order valence-electron chi connectivity index (χ3n) is 5.06. The van der Waals surface area contributed by atoms with Crippen LogP contribution >= 0.6 is 0 Å². The number of anilines is 1. The minimum Gasteiger partial charge on any atom is -0.371 e. The molecule has 0 amide bonds. The van der Waals surface area contributed by atoms with E-state index in [1.165, 1.54) is 11.9 Å². The van der Waals surface area contributed by atoms with Crippen LogP contribution in [0.15, 0.2) is 35.3 Å². The third kappa shape index (κ3) is 7.79. The number of aliphatic imine (C=N–C) groups is 1. The molecule has 0 saturated carbocycles. The fourth-order valence-corrected chi connectivity index (χ4v) is 4.11.